The number of rotatable bonds is 6. The quantitative estimate of drug-likeness (QED) is 0.575. The lowest BCUT2D eigenvalue weighted by molar-refractivity contribution is 0.0977. The molecule has 3 aromatic rings. The standard InChI is InChI=1S/C25H26N2O2/c1-4-26(22-11-7-6-8-12-22)24(28)20-14-16-21(17-15-20)25(29)27(5-2)23-13-9-10-19(3)18-23/h6-18H,4-5H2,1-3H3. The molecule has 0 fully saturated rings. The molecule has 148 valence electrons. The van der Waals surface area contributed by atoms with Gasteiger partial charge in [0, 0.05) is 35.6 Å². The van der Waals surface area contributed by atoms with Gasteiger partial charge in [0.05, 0.1) is 0 Å². The number of anilines is 2. The third-order valence-electron chi connectivity index (χ3n) is 4.88. The Morgan fingerprint density at radius 3 is 1.62 bits per heavy atom. The van der Waals surface area contributed by atoms with E-state index in [1.165, 1.54) is 0 Å². The van der Waals surface area contributed by atoms with E-state index in [1.807, 2.05) is 75.4 Å². The number of aryl methyl sites for hydroxylation is 1. The van der Waals surface area contributed by atoms with E-state index in [2.05, 4.69) is 0 Å². The molecular weight excluding hydrogens is 360 g/mol. The summed E-state index contributed by atoms with van der Waals surface area (Å²) in [5, 5.41) is 0. The summed E-state index contributed by atoms with van der Waals surface area (Å²) in [7, 11) is 0. The van der Waals surface area contributed by atoms with E-state index in [-0.39, 0.29) is 11.8 Å². The number of hydrogen-bond acceptors (Lipinski definition) is 2. The molecule has 0 heterocycles. The maximum Gasteiger partial charge on any atom is 0.258 e. The molecule has 4 nitrogen and oxygen atoms in total. The first kappa shape index (κ1) is 20.3. The third kappa shape index (κ3) is 4.54. The lowest BCUT2D eigenvalue weighted by Gasteiger charge is -2.23. The lowest BCUT2D eigenvalue weighted by atomic mass is 10.1. The maximum absolute atomic E-state index is 13.0. The van der Waals surface area contributed by atoms with Crippen molar-refractivity contribution in [2.75, 3.05) is 22.9 Å². The minimum Gasteiger partial charge on any atom is -0.309 e. The molecule has 29 heavy (non-hydrogen) atoms. The molecule has 0 aliphatic heterocycles. The van der Waals surface area contributed by atoms with Crippen molar-refractivity contribution in [1.29, 1.82) is 0 Å². The minimum atomic E-state index is -0.0799. The van der Waals surface area contributed by atoms with Crippen LogP contribution in [0, 0.1) is 6.92 Å². The van der Waals surface area contributed by atoms with Crippen molar-refractivity contribution in [2.24, 2.45) is 0 Å². The van der Waals surface area contributed by atoms with Gasteiger partial charge in [0.2, 0.25) is 0 Å². The lowest BCUT2D eigenvalue weighted by Crippen LogP contribution is -2.31. The molecule has 3 rings (SSSR count). The Balaban J connectivity index is 1.81. The number of carbonyl (C=O) groups excluding carboxylic acids is 2. The Kier molecular flexibility index (Phi) is 6.45. The van der Waals surface area contributed by atoms with Crippen LogP contribution >= 0.6 is 0 Å². The largest absolute Gasteiger partial charge is 0.309 e. The smallest absolute Gasteiger partial charge is 0.258 e. The summed E-state index contributed by atoms with van der Waals surface area (Å²) >= 11 is 0. The van der Waals surface area contributed by atoms with Crippen LogP contribution in [0.1, 0.15) is 40.1 Å². The highest BCUT2D eigenvalue weighted by Crippen LogP contribution is 2.20. The molecule has 0 aromatic heterocycles. The zero-order valence-electron chi connectivity index (χ0n) is 17.1. The molecule has 0 spiro atoms. The number of nitrogens with zero attached hydrogens (tertiary/aromatic N) is 2. The van der Waals surface area contributed by atoms with Gasteiger partial charge in [0.1, 0.15) is 0 Å². The minimum absolute atomic E-state index is 0.0764. The third-order valence-corrected chi connectivity index (χ3v) is 4.88. The van der Waals surface area contributed by atoms with Crippen LogP contribution in [0.15, 0.2) is 78.9 Å². The summed E-state index contributed by atoms with van der Waals surface area (Å²) in [4.78, 5) is 29.4. The molecule has 0 aliphatic carbocycles. The SMILES string of the molecule is CCN(C(=O)c1ccc(C(=O)N(CC)c2cccc(C)c2)cc1)c1ccccc1. The van der Waals surface area contributed by atoms with Gasteiger partial charge in [0.25, 0.3) is 11.8 Å². The van der Waals surface area contributed by atoms with Gasteiger partial charge in [-0.2, -0.15) is 0 Å². The van der Waals surface area contributed by atoms with Gasteiger partial charge in [-0.15, -0.1) is 0 Å². The van der Waals surface area contributed by atoms with Gasteiger partial charge in [-0.05, 0) is 74.9 Å². The van der Waals surface area contributed by atoms with Crippen molar-refractivity contribution in [3.05, 3.63) is 95.6 Å². The molecule has 2 amide bonds. The number of carbonyl (C=O) groups is 2. The van der Waals surface area contributed by atoms with E-state index in [0.717, 1.165) is 16.9 Å². The number of amides is 2. The molecule has 0 aliphatic rings. The van der Waals surface area contributed by atoms with E-state index in [4.69, 9.17) is 0 Å². The zero-order valence-corrected chi connectivity index (χ0v) is 17.1. The Morgan fingerprint density at radius 2 is 1.14 bits per heavy atom. The van der Waals surface area contributed by atoms with E-state index in [0.29, 0.717) is 24.2 Å². The predicted octanol–water partition coefficient (Wildman–Crippen LogP) is 5.33. The molecule has 3 aromatic carbocycles. The van der Waals surface area contributed by atoms with Crippen LogP contribution in [-0.2, 0) is 0 Å². The summed E-state index contributed by atoms with van der Waals surface area (Å²) in [6.45, 7) is 7.05. The van der Waals surface area contributed by atoms with Gasteiger partial charge in [-0.25, -0.2) is 0 Å². The summed E-state index contributed by atoms with van der Waals surface area (Å²) in [5.74, 6) is -0.156. The first-order chi connectivity index (χ1) is 14.0. The molecule has 0 bridgehead atoms. The summed E-state index contributed by atoms with van der Waals surface area (Å²) in [5.41, 5.74) is 3.96. The van der Waals surface area contributed by atoms with Gasteiger partial charge >= 0.3 is 0 Å². The van der Waals surface area contributed by atoms with E-state index in [1.54, 1.807) is 34.1 Å². The van der Waals surface area contributed by atoms with Crippen molar-refractivity contribution in [3.63, 3.8) is 0 Å². The second-order valence-corrected chi connectivity index (χ2v) is 6.85. The maximum atomic E-state index is 13.0. The van der Waals surface area contributed by atoms with Gasteiger partial charge in [-0.3, -0.25) is 9.59 Å². The van der Waals surface area contributed by atoms with Crippen LogP contribution in [0.2, 0.25) is 0 Å². The molecule has 0 radical (unpaired) electrons. The molecular formula is C25H26N2O2. The van der Waals surface area contributed by atoms with Crippen molar-refractivity contribution in [2.45, 2.75) is 20.8 Å². The van der Waals surface area contributed by atoms with Crippen LogP contribution in [0.3, 0.4) is 0 Å². The summed E-state index contributed by atoms with van der Waals surface area (Å²) in [6, 6.07) is 24.4. The Labute approximate surface area is 172 Å². The van der Waals surface area contributed by atoms with Crippen molar-refractivity contribution in [1.82, 2.24) is 0 Å². The number of hydrogen-bond donors (Lipinski definition) is 0. The number of benzene rings is 3. The fourth-order valence-corrected chi connectivity index (χ4v) is 3.36. The Bertz CT molecular complexity index is 981. The van der Waals surface area contributed by atoms with E-state index < -0.39 is 0 Å². The van der Waals surface area contributed by atoms with E-state index >= 15 is 0 Å². The fourth-order valence-electron chi connectivity index (χ4n) is 3.36. The highest BCUT2D eigenvalue weighted by Gasteiger charge is 2.19. The van der Waals surface area contributed by atoms with Crippen molar-refractivity contribution in [3.8, 4) is 0 Å². The average molecular weight is 386 g/mol. The fraction of sp³-hybridized carbons (Fsp3) is 0.200. The topological polar surface area (TPSA) is 40.6 Å². The van der Waals surface area contributed by atoms with Crippen LogP contribution in [0.5, 0.6) is 0 Å². The highest BCUT2D eigenvalue weighted by atomic mass is 16.2. The first-order valence-electron chi connectivity index (χ1n) is 9.90. The normalized spacial score (nSPS) is 10.4. The van der Waals surface area contributed by atoms with Crippen LogP contribution in [0.4, 0.5) is 11.4 Å². The highest BCUT2D eigenvalue weighted by molar-refractivity contribution is 6.08. The monoisotopic (exact) mass is 386 g/mol. The molecule has 0 saturated heterocycles. The molecule has 0 saturated carbocycles. The second kappa shape index (κ2) is 9.20. The van der Waals surface area contributed by atoms with Crippen LogP contribution in [-0.4, -0.2) is 24.9 Å². The first-order valence-corrected chi connectivity index (χ1v) is 9.90. The molecule has 0 atom stereocenters. The Morgan fingerprint density at radius 1 is 0.655 bits per heavy atom. The van der Waals surface area contributed by atoms with Gasteiger partial charge < -0.3 is 9.80 Å². The number of para-hydroxylation sites is 1. The summed E-state index contributed by atoms with van der Waals surface area (Å²) < 4.78 is 0. The van der Waals surface area contributed by atoms with Crippen LogP contribution < -0.4 is 9.80 Å². The van der Waals surface area contributed by atoms with Gasteiger partial charge in [0.15, 0.2) is 0 Å². The van der Waals surface area contributed by atoms with Crippen molar-refractivity contribution < 1.29 is 9.59 Å². The average Bonchev–Trinajstić information content (AvgIpc) is 2.75. The van der Waals surface area contributed by atoms with E-state index in [9.17, 15) is 9.59 Å². The molecule has 0 N–H and O–H groups in total. The zero-order chi connectivity index (χ0) is 20.8. The van der Waals surface area contributed by atoms with Crippen LogP contribution in [0.25, 0.3) is 0 Å². The van der Waals surface area contributed by atoms with Crippen molar-refractivity contribution >= 4 is 23.2 Å². The Hall–Kier alpha value is -3.40. The molecule has 0 unspecified atom stereocenters. The summed E-state index contributed by atoms with van der Waals surface area (Å²) in [6.07, 6.45) is 0. The predicted molar refractivity (Wildman–Crippen MR) is 119 cm³/mol. The second-order valence-electron chi connectivity index (χ2n) is 6.85. The van der Waals surface area contributed by atoms with Gasteiger partial charge in [-0.1, -0.05) is 30.3 Å². The molecule has 4 heteroatoms.